The Hall–Kier alpha value is -1.03. The Morgan fingerprint density at radius 2 is 2.33 bits per heavy atom. The number of rotatable bonds is 8. The average Bonchev–Trinajstić information content (AvgIpc) is 2.39. The highest BCUT2D eigenvalue weighted by molar-refractivity contribution is 7.99. The Morgan fingerprint density at radius 1 is 1.50 bits per heavy atom. The van der Waals surface area contributed by atoms with Gasteiger partial charge in [-0.25, -0.2) is 0 Å². The van der Waals surface area contributed by atoms with Gasteiger partial charge in [0.25, 0.3) is 0 Å². The largest absolute Gasteiger partial charge is 0.350 e. The molecule has 0 aromatic carbocycles. The lowest BCUT2D eigenvalue weighted by molar-refractivity contribution is -0.121. The maximum absolute atomic E-state index is 11.7. The molecule has 1 heterocycles. The van der Waals surface area contributed by atoms with Crippen molar-refractivity contribution in [2.75, 3.05) is 11.5 Å². The van der Waals surface area contributed by atoms with Crippen molar-refractivity contribution in [1.82, 2.24) is 10.3 Å². The van der Waals surface area contributed by atoms with Crippen LogP contribution in [-0.4, -0.2) is 22.4 Å². The molecule has 0 unspecified atom stereocenters. The van der Waals surface area contributed by atoms with Crippen LogP contribution in [0.25, 0.3) is 0 Å². The number of nitrogens with one attached hydrogen (secondary N) is 1. The number of hydrogen-bond acceptors (Lipinski definition) is 3. The highest BCUT2D eigenvalue weighted by Gasteiger charge is 2.08. The van der Waals surface area contributed by atoms with Crippen LogP contribution in [0, 0.1) is 0 Å². The first-order valence-corrected chi connectivity index (χ1v) is 7.66. The lowest BCUT2D eigenvalue weighted by atomic mass is 10.1. The molecule has 0 spiro atoms. The predicted molar refractivity (Wildman–Crippen MR) is 77.6 cm³/mol. The van der Waals surface area contributed by atoms with Gasteiger partial charge in [0.05, 0.1) is 6.04 Å². The number of thioether (sulfide) groups is 1. The van der Waals surface area contributed by atoms with Gasteiger partial charge in [-0.15, -0.1) is 0 Å². The van der Waals surface area contributed by atoms with Gasteiger partial charge < -0.3 is 5.32 Å². The minimum atomic E-state index is 0.0341. The molecule has 1 aromatic heterocycles. The third-order valence-corrected chi connectivity index (χ3v) is 3.75. The fourth-order valence-electron chi connectivity index (χ4n) is 1.54. The molecule has 1 N–H and O–H groups in total. The maximum Gasteiger partial charge on any atom is 0.221 e. The van der Waals surface area contributed by atoms with E-state index in [2.05, 4.69) is 17.2 Å². The predicted octanol–water partition coefficient (Wildman–Crippen LogP) is 3.18. The van der Waals surface area contributed by atoms with Crippen molar-refractivity contribution in [1.29, 1.82) is 0 Å². The minimum Gasteiger partial charge on any atom is -0.350 e. The SMILES string of the molecule is CCCCSCCC(=O)N[C@@H](C)c1cccnc1. The Morgan fingerprint density at radius 3 is 3.00 bits per heavy atom. The zero-order valence-corrected chi connectivity index (χ0v) is 12.0. The molecule has 1 atom stereocenters. The van der Waals surface area contributed by atoms with Gasteiger partial charge in [-0.2, -0.15) is 11.8 Å². The molecule has 0 radical (unpaired) electrons. The molecule has 18 heavy (non-hydrogen) atoms. The van der Waals surface area contributed by atoms with E-state index in [9.17, 15) is 4.79 Å². The van der Waals surface area contributed by atoms with Gasteiger partial charge in [0.1, 0.15) is 0 Å². The third kappa shape index (κ3) is 6.05. The summed E-state index contributed by atoms with van der Waals surface area (Å²) in [5.74, 6) is 2.18. The molecule has 0 aliphatic carbocycles. The van der Waals surface area contributed by atoms with Crippen LogP contribution in [0.4, 0.5) is 0 Å². The molecule has 1 rings (SSSR count). The van der Waals surface area contributed by atoms with Gasteiger partial charge in [0, 0.05) is 24.6 Å². The third-order valence-electron chi connectivity index (χ3n) is 2.68. The second-order valence-corrected chi connectivity index (χ2v) is 5.52. The van der Waals surface area contributed by atoms with Crippen LogP contribution in [0.2, 0.25) is 0 Å². The molecule has 0 aliphatic rings. The molecule has 0 saturated heterocycles. The number of aromatic nitrogens is 1. The van der Waals surface area contributed by atoms with Gasteiger partial charge >= 0.3 is 0 Å². The van der Waals surface area contributed by atoms with Crippen LogP contribution in [0.5, 0.6) is 0 Å². The number of hydrogen-bond donors (Lipinski definition) is 1. The second kappa shape index (κ2) is 8.97. The highest BCUT2D eigenvalue weighted by atomic mass is 32.2. The summed E-state index contributed by atoms with van der Waals surface area (Å²) < 4.78 is 0. The molecule has 1 aromatic rings. The normalized spacial score (nSPS) is 12.1. The summed E-state index contributed by atoms with van der Waals surface area (Å²) in [4.78, 5) is 15.8. The molecule has 3 nitrogen and oxygen atoms in total. The van der Waals surface area contributed by atoms with Gasteiger partial charge in [-0.3, -0.25) is 9.78 Å². The molecule has 100 valence electrons. The summed E-state index contributed by atoms with van der Waals surface area (Å²) in [6, 6.07) is 3.90. The summed E-state index contributed by atoms with van der Waals surface area (Å²) in [5.41, 5.74) is 1.05. The van der Waals surface area contributed by atoms with Crippen molar-refractivity contribution in [2.45, 2.75) is 39.2 Å². The average molecular weight is 266 g/mol. The van der Waals surface area contributed by atoms with Gasteiger partial charge in [0.2, 0.25) is 5.91 Å². The first kappa shape index (κ1) is 15.0. The van der Waals surface area contributed by atoms with E-state index in [-0.39, 0.29) is 11.9 Å². The minimum absolute atomic E-state index is 0.0341. The fourth-order valence-corrected chi connectivity index (χ4v) is 2.57. The number of nitrogens with zero attached hydrogens (tertiary/aromatic N) is 1. The Labute approximate surface area is 114 Å². The molecule has 0 fully saturated rings. The van der Waals surface area contributed by atoms with E-state index in [0.717, 1.165) is 17.1 Å². The fraction of sp³-hybridized carbons (Fsp3) is 0.571. The van der Waals surface area contributed by atoms with Crippen molar-refractivity contribution in [2.24, 2.45) is 0 Å². The first-order chi connectivity index (χ1) is 8.74. The van der Waals surface area contributed by atoms with E-state index < -0.39 is 0 Å². The van der Waals surface area contributed by atoms with Crippen molar-refractivity contribution in [3.63, 3.8) is 0 Å². The van der Waals surface area contributed by atoms with E-state index in [1.165, 1.54) is 12.8 Å². The number of unbranched alkanes of at least 4 members (excludes halogenated alkanes) is 1. The second-order valence-electron chi connectivity index (χ2n) is 4.29. The molecule has 0 saturated carbocycles. The van der Waals surface area contributed by atoms with Crippen molar-refractivity contribution in [3.05, 3.63) is 30.1 Å². The number of carbonyl (C=O) groups is 1. The molecule has 1 amide bonds. The summed E-state index contributed by atoms with van der Waals surface area (Å²) in [7, 11) is 0. The van der Waals surface area contributed by atoms with Crippen molar-refractivity contribution in [3.8, 4) is 0 Å². The van der Waals surface area contributed by atoms with Crippen LogP contribution in [0.1, 0.15) is 44.7 Å². The van der Waals surface area contributed by atoms with E-state index in [4.69, 9.17) is 0 Å². The van der Waals surface area contributed by atoms with Crippen LogP contribution >= 0.6 is 11.8 Å². The van der Waals surface area contributed by atoms with Crippen LogP contribution in [0.3, 0.4) is 0 Å². The number of carbonyl (C=O) groups excluding carboxylic acids is 1. The van der Waals surface area contributed by atoms with Gasteiger partial charge in [-0.05, 0) is 30.7 Å². The monoisotopic (exact) mass is 266 g/mol. The zero-order chi connectivity index (χ0) is 13.2. The smallest absolute Gasteiger partial charge is 0.221 e. The van der Waals surface area contributed by atoms with E-state index >= 15 is 0 Å². The molecule has 0 aliphatic heterocycles. The Bertz CT molecular complexity index is 343. The van der Waals surface area contributed by atoms with Crippen LogP contribution in [0.15, 0.2) is 24.5 Å². The Balaban J connectivity index is 2.20. The highest BCUT2D eigenvalue weighted by Crippen LogP contribution is 2.11. The van der Waals surface area contributed by atoms with E-state index in [1.807, 2.05) is 30.8 Å². The van der Waals surface area contributed by atoms with E-state index in [1.54, 1.807) is 12.4 Å². The summed E-state index contributed by atoms with van der Waals surface area (Å²) in [6.45, 7) is 4.17. The number of pyridine rings is 1. The maximum atomic E-state index is 11.7. The van der Waals surface area contributed by atoms with E-state index in [0.29, 0.717) is 6.42 Å². The molecule has 0 bridgehead atoms. The molecular weight excluding hydrogens is 244 g/mol. The van der Waals surface area contributed by atoms with Gasteiger partial charge in [-0.1, -0.05) is 19.4 Å². The molecule has 4 heteroatoms. The molecular formula is C14H22N2OS. The van der Waals surface area contributed by atoms with Crippen LogP contribution < -0.4 is 5.32 Å². The lowest BCUT2D eigenvalue weighted by Gasteiger charge is -2.13. The topological polar surface area (TPSA) is 42.0 Å². The summed E-state index contributed by atoms with van der Waals surface area (Å²) >= 11 is 1.86. The lowest BCUT2D eigenvalue weighted by Crippen LogP contribution is -2.26. The standard InChI is InChI=1S/C14H22N2OS/c1-3-4-9-18-10-7-14(17)16-12(2)13-6-5-8-15-11-13/h5-6,8,11-12H,3-4,7,9-10H2,1-2H3,(H,16,17)/t12-/m0/s1. The van der Waals surface area contributed by atoms with Crippen molar-refractivity contribution < 1.29 is 4.79 Å². The number of amides is 1. The Kier molecular flexibility index (Phi) is 7.49. The zero-order valence-electron chi connectivity index (χ0n) is 11.2. The first-order valence-electron chi connectivity index (χ1n) is 6.51. The quantitative estimate of drug-likeness (QED) is 0.735. The summed E-state index contributed by atoms with van der Waals surface area (Å²) in [6.07, 6.45) is 6.58. The van der Waals surface area contributed by atoms with Gasteiger partial charge in [0.15, 0.2) is 0 Å². The van der Waals surface area contributed by atoms with Crippen molar-refractivity contribution >= 4 is 17.7 Å². The van der Waals surface area contributed by atoms with Crippen LogP contribution in [-0.2, 0) is 4.79 Å². The summed E-state index contributed by atoms with van der Waals surface area (Å²) in [5, 5.41) is 2.99.